The van der Waals surface area contributed by atoms with Gasteiger partial charge in [-0.2, -0.15) is 26.3 Å². The molecule has 0 saturated carbocycles. The molecule has 23 heavy (non-hydrogen) atoms. The third kappa shape index (κ3) is 3.52. The van der Waals surface area contributed by atoms with Crippen molar-refractivity contribution in [3.63, 3.8) is 0 Å². The maximum Gasteiger partial charge on any atom is 0.455 e. The zero-order valence-electron chi connectivity index (χ0n) is 12.1. The van der Waals surface area contributed by atoms with Gasteiger partial charge < -0.3 is 10.4 Å². The zero-order chi connectivity index (χ0) is 18.1. The molecule has 0 aliphatic carbocycles. The van der Waals surface area contributed by atoms with Gasteiger partial charge in [0.1, 0.15) is 0 Å². The number of halogens is 6. The Balaban J connectivity index is 3.11. The van der Waals surface area contributed by atoms with Crippen LogP contribution in [0.1, 0.15) is 12.5 Å². The first-order chi connectivity index (χ1) is 10.4. The summed E-state index contributed by atoms with van der Waals surface area (Å²) in [7, 11) is 1.30. The molecule has 0 heterocycles. The molecule has 0 aliphatic rings. The highest BCUT2D eigenvalue weighted by atomic mass is 19.4. The quantitative estimate of drug-likeness (QED) is 0.825. The maximum absolute atomic E-state index is 13.6. The normalized spacial score (nSPS) is 15.0. The van der Waals surface area contributed by atoms with Crippen LogP contribution in [0.25, 0.3) is 0 Å². The van der Waals surface area contributed by atoms with E-state index in [2.05, 4.69) is 5.32 Å². The first kappa shape index (κ1) is 19.1. The molecule has 10 heteroatoms. The smallest absolute Gasteiger partial charge is 0.350 e. The Morgan fingerprint density at radius 2 is 1.61 bits per heavy atom. The molecule has 0 aromatic heterocycles. The van der Waals surface area contributed by atoms with Crippen molar-refractivity contribution in [2.45, 2.75) is 24.9 Å². The van der Waals surface area contributed by atoms with Crippen LogP contribution in [0.2, 0.25) is 0 Å². The van der Waals surface area contributed by atoms with Crippen LogP contribution in [0.4, 0.5) is 36.8 Å². The van der Waals surface area contributed by atoms with Gasteiger partial charge in [0.2, 0.25) is 0 Å². The Labute approximate surface area is 127 Å². The van der Waals surface area contributed by atoms with Gasteiger partial charge in [-0.1, -0.05) is 12.1 Å². The number of hydrogen-bond acceptors (Lipinski definition) is 2. The van der Waals surface area contributed by atoms with Crippen LogP contribution in [0.5, 0.6) is 0 Å². The summed E-state index contributed by atoms with van der Waals surface area (Å²) in [5.41, 5.74) is -1.29. The lowest BCUT2D eigenvalue weighted by Crippen LogP contribution is -2.53. The molecule has 2 N–H and O–H groups in total. The Morgan fingerprint density at radius 1 is 1.13 bits per heavy atom. The molecule has 0 aliphatic heterocycles. The van der Waals surface area contributed by atoms with Crippen LogP contribution in [-0.2, 0) is 5.92 Å². The number of aliphatic hydroxyl groups is 1. The second kappa shape index (κ2) is 6.26. The van der Waals surface area contributed by atoms with Crippen molar-refractivity contribution < 1.29 is 36.2 Å². The van der Waals surface area contributed by atoms with Crippen molar-refractivity contribution in [3.05, 3.63) is 29.8 Å². The van der Waals surface area contributed by atoms with Crippen molar-refractivity contribution in [1.82, 2.24) is 5.32 Å². The van der Waals surface area contributed by atoms with Crippen LogP contribution >= 0.6 is 0 Å². The van der Waals surface area contributed by atoms with Gasteiger partial charge in [-0.05, 0) is 19.1 Å². The first-order valence-electron chi connectivity index (χ1n) is 6.34. The monoisotopic (exact) mass is 344 g/mol. The van der Waals surface area contributed by atoms with Gasteiger partial charge in [-0.3, -0.25) is 4.90 Å². The number of nitrogens with zero attached hydrogens (tertiary/aromatic N) is 1. The number of benzene rings is 1. The van der Waals surface area contributed by atoms with E-state index in [0.717, 1.165) is 17.0 Å². The van der Waals surface area contributed by atoms with E-state index < -0.39 is 29.5 Å². The molecule has 1 aromatic carbocycles. The molecule has 2 amide bonds. The van der Waals surface area contributed by atoms with Crippen LogP contribution < -0.4 is 10.2 Å². The van der Waals surface area contributed by atoms with Crippen molar-refractivity contribution in [3.8, 4) is 0 Å². The van der Waals surface area contributed by atoms with E-state index in [0.29, 0.717) is 18.7 Å². The summed E-state index contributed by atoms with van der Waals surface area (Å²) < 4.78 is 77.1. The predicted molar refractivity (Wildman–Crippen MR) is 69.9 cm³/mol. The fourth-order valence-electron chi connectivity index (χ4n) is 1.65. The van der Waals surface area contributed by atoms with Gasteiger partial charge in [0, 0.05) is 24.8 Å². The van der Waals surface area contributed by atoms with Crippen molar-refractivity contribution in [2.24, 2.45) is 0 Å². The number of carbonyl (C=O) groups is 1. The van der Waals surface area contributed by atoms with Crippen LogP contribution in [-0.4, -0.2) is 36.8 Å². The number of urea groups is 1. The molecule has 1 rings (SSSR count). The lowest BCUT2D eigenvalue weighted by molar-refractivity contribution is -0.390. The third-order valence-corrected chi connectivity index (χ3v) is 3.04. The Kier molecular flexibility index (Phi) is 5.20. The molecular weight excluding hydrogens is 330 g/mol. The fourth-order valence-corrected chi connectivity index (χ4v) is 1.65. The number of hydrogen-bond donors (Lipinski definition) is 2. The molecule has 1 unspecified atom stereocenters. The molecule has 0 radical (unpaired) electrons. The molecule has 4 nitrogen and oxygen atoms in total. The highest BCUT2D eigenvalue weighted by Gasteiger charge is 2.71. The van der Waals surface area contributed by atoms with E-state index in [1.165, 1.54) is 7.05 Å². The second-order valence-corrected chi connectivity index (χ2v) is 4.64. The van der Waals surface area contributed by atoms with E-state index in [1.54, 1.807) is 6.92 Å². The summed E-state index contributed by atoms with van der Waals surface area (Å²) in [6, 6.07) is 2.25. The molecule has 0 saturated heterocycles. The Bertz CT molecular complexity index is 557. The van der Waals surface area contributed by atoms with E-state index >= 15 is 0 Å². The van der Waals surface area contributed by atoms with E-state index in [-0.39, 0.29) is 5.69 Å². The lowest BCUT2D eigenvalue weighted by Gasteiger charge is -2.30. The summed E-state index contributed by atoms with van der Waals surface area (Å²) in [5.74, 6) is -10.9. The Hall–Kier alpha value is -1.97. The summed E-state index contributed by atoms with van der Waals surface area (Å²) in [5, 5.41) is 11.0. The summed E-state index contributed by atoms with van der Waals surface area (Å²) in [6.45, 7) is 1.95. The number of carbonyl (C=O) groups excluding carboxylic acids is 1. The summed E-state index contributed by atoms with van der Waals surface area (Å²) >= 11 is 0. The largest absolute Gasteiger partial charge is 0.455 e. The SMILES string of the molecule is CCNC(=O)N(C)c1ccc(C(F)(F)C(O)(F)C(F)(F)F)cc1. The average molecular weight is 344 g/mol. The molecule has 0 bridgehead atoms. The maximum atomic E-state index is 13.6. The molecule has 0 spiro atoms. The van der Waals surface area contributed by atoms with Gasteiger partial charge in [-0.15, -0.1) is 0 Å². The van der Waals surface area contributed by atoms with E-state index in [4.69, 9.17) is 5.11 Å². The standard InChI is InChI=1S/C13H14F6N2O2/c1-3-20-10(22)21(2)9-6-4-8(5-7-9)11(14,15)12(16,23)13(17,18)19/h4-7,23H,3H2,1-2H3,(H,20,22). The number of rotatable bonds is 4. The highest BCUT2D eigenvalue weighted by molar-refractivity contribution is 5.91. The molecule has 0 fully saturated rings. The number of amides is 2. The second-order valence-electron chi connectivity index (χ2n) is 4.64. The van der Waals surface area contributed by atoms with Crippen LogP contribution in [0, 0.1) is 0 Å². The van der Waals surface area contributed by atoms with Crippen molar-refractivity contribution in [2.75, 3.05) is 18.5 Å². The first-order valence-corrected chi connectivity index (χ1v) is 6.34. The fraction of sp³-hybridized carbons (Fsp3) is 0.462. The van der Waals surface area contributed by atoms with Crippen LogP contribution in [0.3, 0.4) is 0 Å². The zero-order valence-corrected chi connectivity index (χ0v) is 12.1. The lowest BCUT2D eigenvalue weighted by atomic mass is 10.0. The van der Waals surface area contributed by atoms with Gasteiger partial charge >= 0.3 is 24.0 Å². The Morgan fingerprint density at radius 3 is 2.00 bits per heavy atom. The third-order valence-electron chi connectivity index (χ3n) is 3.04. The topological polar surface area (TPSA) is 52.6 Å². The number of anilines is 1. The van der Waals surface area contributed by atoms with Gasteiger partial charge in [-0.25, -0.2) is 4.79 Å². The van der Waals surface area contributed by atoms with Gasteiger partial charge in [0.15, 0.2) is 0 Å². The van der Waals surface area contributed by atoms with Gasteiger partial charge in [0.25, 0.3) is 0 Å². The predicted octanol–water partition coefficient (Wildman–Crippen LogP) is 3.16. The van der Waals surface area contributed by atoms with Gasteiger partial charge in [0.05, 0.1) is 0 Å². The molecule has 1 atom stereocenters. The van der Waals surface area contributed by atoms with Crippen LogP contribution in [0.15, 0.2) is 24.3 Å². The minimum atomic E-state index is -6.17. The molecular formula is C13H14F6N2O2. The van der Waals surface area contributed by atoms with E-state index in [9.17, 15) is 31.1 Å². The highest BCUT2D eigenvalue weighted by Crippen LogP contribution is 2.49. The van der Waals surface area contributed by atoms with Crippen molar-refractivity contribution >= 4 is 11.7 Å². The molecule has 130 valence electrons. The summed E-state index contributed by atoms with van der Waals surface area (Å²) in [6.07, 6.45) is -6.17. The summed E-state index contributed by atoms with van der Waals surface area (Å²) in [4.78, 5) is 12.6. The number of nitrogens with one attached hydrogen (secondary N) is 1. The minimum Gasteiger partial charge on any atom is -0.350 e. The number of alkyl halides is 6. The average Bonchev–Trinajstić information content (AvgIpc) is 2.45. The minimum absolute atomic E-state index is 0.0879. The molecule has 1 aromatic rings. The van der Waals surface area contributed by atoms with E-state index in [1.807, 2.05) is 0 Å². The van der Waals surface area contributed by atoms with Crippen molar-refractivity contribution in [1.29, 1.82) is 0 Å².